The molecule has 1 rings (SSSR count). The van der Waals surface area contributed by atoms with Gasteiger partial charge >= 0.3 is 0 Å². The summed E-state index contributed by atoms with van der Waals surface area (Å²) in [5.74, 6) is 0. The Morgan fingerprint density at radius 3 is 2.89 bits per heavy atom. The lowest BCUT2D eigenvalue weighted by atomic mass is 10.1. The molecule has 0 aromatic heterocycles. The third-order valence-corrected chi connectivity index (χ3v) is 1.47. The minimum absolute atomic E-state index is 0.437. The van der Waals surface area contributed by atoms with E-state index in [2.05, 4.69) is 24.9 Å². The van der Waals surface area contributed by atoms with Gasteiger partial charge in [-0.1, -0.05) is 19.4 Å². The molecule has 0 N–H and O–H groups in total. The first-order chi connectivity index (χ1) is 4.33. The summed E-state index contributed by atoms with van der Waals surface area (Å²) in [6.07, 6.45) is 6.64. The summed E-state index contributed by atoms with van der Waals surface area (Å²) in [4.78, 5) is 4.22. The summed E-state index contributed by atoms with van der Waals surface area (Å²) in [5.41, 5.74) is 1.41. The van der Waals surface area contributed by atoms with E-state index in [0.29, 0.717) is 6.04 Å². The van der Waals surface area contributed by atoms with Crippen molar-refractivity contribution in [3.05, 3.63) is 11.6 Å². The van der Waals surface area contributed by atoms with Crippen LogP contribution in [-0.4, -0.2) is 12.3 Å². The number of nitrogens with zero attached hydrogens (tertiary/aromatic N) is 1. The van der Waals surface area contributed by atoms with E-state index < -0.39 is 0 Å². The highest BCUT2D eigenvalue weighted by Gasteiger charge is 2.02. The fourth-order valence-corrected chi connectivity index (χ4v) is 1.05. The van der Waals surface area contributed by atoms with Gasteiger partial charge in [-0.15, -0.1) is 0 Å². The topological polar surface area (TPSA) is 12.4 Å². The lowest BCUT2D eigenvalue weighted by Crippen LogP contribution is -1.84. The summed E-state index contributed by atoms with van der Waals surface area (Å²) >= 11 is 0. The maximum atomic E-state index is 4.22. The Hall–Kier alpha value is -0.590. The quantitative estimate of drug-likeness (QED) is 0.533. The molecule has 0 aromatic rings. The lowest BCUT2D eigenvalue weighted by molar-refractivity contribution is 0.918. The highest BCUT2D eigenvalue weighted by atomic mass is 14.8. The lowest BCUT2D eigenvalue weighted by Gasteiger charge is -1.90. The molecule has 50 valence electrons. The number of hydrogen-bond donors (Lipinski definition) is 0. The fraction of sp³-hybridized carbons (Fsp3) is 0.625. The van der Waals surface area contributed by atoms with E-state index in [1.54, 1.807) is 0 Å². The second-order valence-corrected chi connectivity index (χ2v) is 2.51. The first-order valence-electron chi connectivity index (χ1n) is 3.57. The first kappa shape index (κ1) is 6.53. The van der Waals surface area contributed by atoms with Crippen molar-refractivity contribution in [3.63, 3.8) is 0 Å². The van der Waals surface area contributed by atoms with E-state index in [-0.39, 0.29) is 0 Å². The van der Waals surface area contributed by atoms with E-state index in [4.69, 9.17) is 0 Å². The molecule has 1 nitrogen and oxygen atoms in total. The van der Waals surface area contributed by atoms with Gasteiger partial charge in [0, 0.05) is 6.21 Å². The van der Waals surface area contributed by atoms with Gasteiger partial charge in [-0.3, -0.25) is 4.99 Å². The standard InChI is InChI=1S/C8H13N/c1-3-4-8-5-7(2)9-6-8/h5-7H,3-4H2,1-2H3. The van der Waals surface area contributed by atoms with Crippen molar-refractivity contribution in [1.82, 2.24) is 0 Å². The van der Waals surface area contributed by atoms with Crippen molar-refractivity contribution in [1.29, 1.82) is 0 Å². The minimum atomic E-state index is 0.437. The zero-order valence-electron chi connectivity index (χ0n) is 6.09. The molecule has 0 saturated heterocycles. The van der Waals surface area contributed by atoms with Gasteiger partial charge in [0.25, 0.3) is 0 Å². The maximum Gasteiger partial charge on any atom is 0.0657 e. The molecule has 0 fully saturated rings. The molecule has 9 heavy (non-hydrogen) atoms. The van der Waals surface area contributed by atoms with Gasteiger partial charge in [0.05, 0.1) is 6.04 Å². The molecule has 1 heteroatoms. The minimum Gasteiger partial charge on any atom is -0.286 e. The number of aliphatic imine (C=N–C) groups is 1. The summed E-state index contributed by atoms with van der Waals surface area (Å²) in [5, 5.41) is 0. The van der Waals surface area contributed by atoms with Crippen LogP contribution in [0.1, 0.15) is 26.7 Å². The Balaban J connectivity index is 2.44. The molecule has 0 radical (unpaired) electrons. The Morgan fingerprint density at radius 2 is 2.44 bits per heavy atom. The second kappa shape index (κ2) is 2.81. The largest absolute Gasteiger partial charge is 0.286 e. The second-order valence-electron chi connectivity index (χ2n) is 2.51. The number of allylic oxidation sites excluding steroid dienone is 1. The zero-order valence-corrected chi connectivity index (χ0v) is 6.09. The zero-order chi connectivity index (χ0) is 6.69. The summed E-state index contributed by atoms with van der Waals surface area (Å²) in [6.45, 7) is 4.30. The van der Waals surface area contributed by atoms with Crippen LogP contribution in [0.4, 0.5) is 0 Å². The maximum absolute atomic E-state index is 4.22. The molecule has 0 saturated carbocycles. The summed E-state index contributed by atoms with van der Waals surface area (Å²) in [7, 11) is 0. The third-order valence-electron chi connectivity index (χ3n) is 1.47. The Bertz CT molecular complexity index is 145. The van der Waals surface area contributed by atoms with Gasteiger partial charge in [-0.05, 0) is 18.9 Å². The fourth-order valence-electron chi connectivity index (χ4n) is 1.05. The highest BCUT2D eigenvalue weighted by molar-refractivity contribution is 5.81. The van der Waals surface area contributed by atoms with Crippen LogP contribution < -0.4 is 0 Å². The van der Waals surface area contributed by atoms with Crippen LogP contribution in [0.25, 0.3) is 0 Å². The van der Waals surface area contributed by atoms with Gasteiger partial charge in [-0.25, -0.2) is 0 Å². The molecular weight excluding hydrogens is 110 g/mol. The molecule has 1 atom stereocenters. The van der Waals surface area contributed by atoms with Gasteiger partial charge in [0.1, 0.15) is 0 Å². The predicted molar refractivity (Wildman–Crippen MR) is 40.9 cm³/mol. The van der Waals surface area contributed by atoms with Crippen molar-refractivity contribution in [3.8, 4) is 0 Å². The normalized spacial score (nSPS) is 24.7. The van der Waals surface area contributed by atoms with Crippen LogP contribution >= 0.6 is 0 Å². The third kappa shape index (κ3) is 1.67. The van der Waals surface area contributed by atoms with Gasteiger partial charge < -0.3 is 0 Å². The van der Waals surface area contributed by atoms with Crippen LogP contribution in [0.2, 0.25) is 0 Å². The molecule has 0 spiro atoms. The van der Waals surface area contributed by atoms with E-state index >= 15 is 0 Å². The number of rotatable bonds is 2. The van der Waals surface area contributed by atoms with Crippen molar-refractivity contribution >= 4 is 6.21 Å². The van der Waals surface area contributed by atoms with E-state index in [1.165, 1.54) is 18.4 Å². The monoisotopic (exact) mass is 123 g/mol. The smallest absolute Gasteiger partial charge is 0.0657 e. The molecular formula is C8H13N. The van der Waals surface area contributed by atoms with Crippen LogP contribution in [0, 0.1) is 0 Å². The van der Waals surface area contributed by atoms with E-state index in [1.807, 2.05) is 6.21 Å². The van der Waals surface area contributed by atoms with Crippen molar-refractivity contribution in [2.75, 3.05) is 0 Å². The molecule has 0 aliphatic carbocycles. The number of hydrogen-bond acceptors (Lipinski definition) is 1. The van der Waals surface area contributed by atoms with Crippen LogP contribution in [0.15, 0.2) is 16.6 Å². The molecule has 0 bridgehead atoms. The molecule has 1 unspecified atom stereocenters. The predicted octanol–water partition coefficient (Wildman–Crippen LogP) is 2.19. The van der Waals surface area contributed by atoms with Crippen LogP contribution in [0.5, 0.6) is 0 Å². The Labute approximate surface area is 56.5 Å². The SMILES string of the molecule is CCCC1=CC(C)N=C1. The first-order valence-corrected chi connectivity index (χ1v) is 3.57. The summed E-state index contributed by atoms with van der Waals surface area (Å²) in [6, 6.07) is 0.437. The average Bonchev–Trinajstić information content (AvgIpc) is 2.17. The molecule has 1 aliphatic rings. The van der Waals surface area contributed by atoms with E-state index in [0.717, 1.165) is 0 Å². The van der Waals surface area contributed by atoms with Crippen molar-refractivity contribution in [2.24, 2.45) is 4.99 Å². The van der Waals surface area contributed by atoms with Crippen molar-refractivity contribution < 1.29 is 0 Å². The Kier molecular flexibility index (Phi) is 2.04. The highest BCUT2D eigenvalue weighted by Crippen LogP contribution is 2.10. The molecule has 1 heterocycles. The summed E-state index contributed by atoms with van der Waals surface area (Å²) < 4.78 is 0. The molecule has 0 aromatic carbocycles. The van der Waals surface area contributed by atoms with Gasteiger partial charge in [0.15, 0.2) is 0 Å². The Morgan fingerprint density at radius 1 is 1.67 bits per heavy atom. The van der Waals surface area contributed by atoms with Gasteiger partial charge in [-0.2, -0.15) is 0 Å². The van der Waals surface area contributed by atoms with E-state index in [9.17, 15) is 0 Å². The van der Waals surface area contributed by atoms with Crippen LogP contribution in [-0.2, 0) is 0 Å². The van der Waals surface area contributed by atoms with Crippen LogP contribution in [0.3, 0.4) is 0 Å². The van der Waals surface area contributed by atoms with Crippen molar-refractivity contribution in [2.45, 2.75) is 32.7 Å². The molecule has 0 amide bonds. The van der Waals surface area contributed by atoms with Gasteiger partial charge in [0.2, 0.25) is 0 Å². The average molecular weight is 123 g/mol. The molecule has 1 aliphatic heterocycles.